The number of benzene rings is 1. The highest BCUT2D eigenvalue weighted by Gasteiger charge is 2.28. The van der Waals surface area contributed by atoms with Gasteiger partial charge in [-0.2, -0.15) is 0 Å². The van der Waals surface area contributed by atoms with E-state index in [-0.39, 0.29) is 23.7 Å². The number of hydrogen-bond acceptors (Lipinski definition) is 3. The van der Waals surface area contributed by atoms with Crippen LogP contribution in [0, 0.1) is 32.6 Å². The van der Waals surface area contributed by atoms with Crippen molar-refractivity contribution in [2.24, 2.45) is 11.8 Å². The number of ketones is 1. The molecule has 2 heterocycles. The lowest BCUT2D eigenvalue weighted by molar-refractivity contribution is -0.127. The molecule has 2 aromatic rings. The first-order valence-corrected chi connectivity index (χ1v) is 11.5. The van der Waals surface area contributed by atoms with Gasteiger partial charge < -0.3 is 9.88 Å². The molecule has 1 aliphatic rings. The number of aryl methyl sites for hydroxylation is 2. The van der Waals surface area contributed by atoms with Gasteiger partial charge in [-0.25, -0.2) is 0 Å². The van der Waals surface area contributed by atoms with Gasteiger partial charge in [-0.1, -0.05) is 31.5 Å². The Morgan fingerprint density at radius 1 is 1.03 bits per heavy atom. The average molecular weight is 424 g/mol. The zero-order chi connectivity index (χ0) is 22.7. The minimum Gasteiger partial charge on any atom is -0.353 e. The molecule has 0 bridgehead atoms. The summed E-state index contributed by atoms with van der Waals surface area (Å²) in [6, 6.07) is 10.6. The Morgan fingerprint density at radius 2 is 1.65 bits per heavy atom. The number of rotatable bonds is 7. The molecule has 1 aromatic carbocycles. The van der Waals surface area contributed by atoms with Crippen LogP contribution >= 0.6 is 0 Å². The molecule has 31 heavy (non-hydrogen) atoms. The number of nitrogens with one attached hydrogen (secondary N) is 1. The summed E-state index contributed by atoms with van der Waals surface area (Å²) < 4.78 is 2.15. The Hall–Kier alpha value is -2.40. The Kier molecular flexibility index (Phi) is 7.37. The third-order valence-electron chi connectivity index (χ3n) is 6.72. The molecule has 3 rings (SSSR count). The van der Waals surface area contributed by atoms with E-state index in [1.165, 1.54) is 5.56 Å². The van der Waals surface area contributed by atoms with Crippen LogP contribution in [0.3, 0.4) is 0 Å². The highest BCUT2D eigenvalue weighted by molar-refractivity contribution is 5.99. The van der Waals surface area contributed by atoms with Gasteiger partial charge in [-0.05, 0) is 77.7 Å². The molecule has 1 amide bonds. The van der Waals surface area contributed by atoms with Gasteiger partial charge in [0, 0.05) is 34.6 Å². The minimum absolute atomic E-state index is 0.0548. The van der Waals surface area contributed by atoms with Crippen LogP contribution in [-0.2, 0) is 4.79 Å². The fourth-order valence-electron chi connectivity index (χ4n) is 4.29. The second-order valence-electron chi connectivity index (χ2n) is 9.47. The van der Waals surface area contributed by atoms with E-state index in [2.05, 4.69) is 66.7 Å². The van der Waals surface area contributed by atoms with Crippen LogP contribution in [0.1, 0.15) is 60.9 Å². The predicted molar refractivity (Wildman–Crippen MR) is 126 cm³/mol. The highest BCUT2D eigenvalue weighted by atomic mass is 16.2. The highest BCUT2D eigenvalue weighted by Crippen LogP contribution is 2.23. The summed E-state index contributed by atoms with van der Waals surface area (Å²) in [4.78, 5) is 27.8. The maximum absolute atomic E-state index is 13.1. The van der Waals surface area contributed by atoms with Crippen LogP contribution in [0.4, 0.5) is 0 Å². The number of Topliss-reactive ketones (excluding diaryl/α,β-unsaturated/α-hetero) is 1. The first kappa shape index (κ1) is 23.3. The molecule has 0 spiro atoms. The quantitative estimate of drug-likeness (QED) is 0.669. The van der Waals surface area contributed by atoms with Crippen molar-refractivity contribution >= 4 is 11.7 Å². The topological polar surface area (TPSA) is 54.3 Å². The van der Waals surface area contributed by atoms with Crippen molar-refractivity contribution in [2.45, 2.75) is 60.4 Å². The maximum Gasteiger partial charge on any atom is 0.223 e. The number of carbonyl (C=O) groups excluding carboxylic acids is 2. The summed E-state index contributed by atoms with van der Waals surface area (Å²) in [7, 11) is 0. The van der Waals surface area contributed by atoms with E-state index in [0.717, 1.165) is 48.6 Å². The van der Waals surface area contributed by atoms with Crippen molar-refractivity contribution in [2.75, 3.05) is 19.6 Å². The molecule has 1 fully saturated rings. The van der Waals surface area contributed by atoms with E-state index in [4.69, 9.17) is 0 Å². The average Bonchev–Trinajstić information content (AvgIpc) is 3.03. The molecular formula is C26H37N3O2. The molecular weight excluding hydrogens is 386 g/mol. The SMILES string of the molecule is Cc1ccc(-n2c(C)cc(C(=O)CN3CCC(C(=O)NC(C)C(C)C)CC3)c2C)cc1. The summed E-state index contributed by atoms with van der Waals surface area (Å²) in [6.45, 7) is 14.4. The number of likely N-dealkylation sites (tertiary alicyclic amines) is 1. The summed E-state index contributed by atoms with van der Waals surface area (Å²) >= 11 is 0. The molecule has 168 valence electrons. The largest absolute Gasteiger partial charge is 0.353 e. The first-order chi connectivity index (χ1) is 14.7. The standard InChI is InChI=1S/C26H37N3O2/c1-17(2)20(5)27-26(31)22-11-13-28(14-12-22)16-25(30)24-15-19(4)29(21(24)6)23-9-7-18(3)8-10-23/h7-10,15,17,20,22H,11-14,16H2,1-6H3,(H,27,31). The zero-order valence-corrected chi connectivity index (χ0v) is 19.9. The van der Waals surface area contributed by atoms with Crippen molar-refractivity contribution in [3.05, 3.63) is 52.8 Å². The van der Waals surface area contributed by atoms with E-state index in [0.29, 0.717) is 12.5 Å². The van der Waals surface area contributed by atoms with Gasteiger partial charge in [-0.3, -0.25) is 14.5 Å². The van der Waals surface area contributed by atoms with Gasteiger partial charge in [0.2, 0.25) is 5.91 Å². The van der Waals surface area contributed by atoms with Gasteiger partial charge in [0.25, 0.3) is 0 Å². The number of nitrogens with zero attached hydrogens (tertiary/aromatic N) is 2. The van der Waals surface area contributed by atoms with Crippen molar-refractivity contribution in [3.8, 4) is 5.69 Å². The van der Waals surface area contributed by atoms with Crippen LogP contribution in [0.2, 0.25) is 0 Å². The molecule has 1 atom stereocenters. The zero-order valence-electron chi connectivity index (χ0n) is 19.9. The lowest BCUT2D eigenvalue weighted by atomic mass is 9.94. The third-order valence-corrected chi connectivity index (χ3v) is 6.72. The number of piperidine rings is 1. The Bertz CT molecular complexity index is 919. The number of aromatic nitrogens is 1. The smallest absolute Gasteiger partial charge is 0.223 e. The molecule has 5 heteroatoms. The minimum atomic E-state index is 0.0548. The summed E-state index contributed by atoms with van der Waals surface area (Å²) in [6.07, 6.45) is 1.62. The summed E-state index contributed by atoms with van der Waals surface area (Å²) in [5, 5.41) is 3.14. The first-order valence-electron chi connectivity index (χ1n) is 11.5. The van der Waals surface area contributed by atoms with Crippen LogP contribution in [0.15, 0.2) is 30.3 Å². The fourth-order valence-corrected chi connectivity index (χ4v) is 4.29. The molecule has 0 saturated carbocycles. The lowest BCUT2D eigenvalue weighted by Crippen LogP contribution is -2.45. The maximum atomic E-state index is 13.1. The molecule has 0 radical (unpaired) electrons. The van der Waals surface area contributed by atoms with Gasteiger partial charge >= 0.3 is 0 Å². The monoisotopic (exact) mass is 423 g/mol. The van der Waals surface area contributed by atoms with E-state index in [1.807, 2.05) is 19.9 Å². The normalized spacial score (nSPS) is 16.5. The van der Waals surface area contributed by atoms with E-state index in [1.54, 1.807) is 0 Å². The van der Waals surface area contributed by atoms with Gasteiger partial charge in [0.1, 0.15) is 0 Å². The van der Waals surface area contributed by atoms with Crippen LogP contribution in [-0.4, -0.2) is 46.8 Å². The molecule has 0 aliphatic carbocycles. The fraction of sp³-hybridized carbons (Fsp3) is 0.538. The van der Waals surface area contributed by atoms with Crippen molar-refractivity contribution in [1.29, 1.82) is 0 Å². The molecule has 5 nitrogen and oxygen atoms in total. The Balaban J connectivity index is 1.60. The number of amides is 1. The van der Waals surface area contributed by atoms with E-state index in [9.17, 15) is 9.59 Å². The van der Waals surface area contributed by atoms with Crippen LogP contribution in [0.25, 0.3) is 5.69 Å². The van der Waals surface area contributed by atoms with Gasteiger partial charge in [0.05, 0.1) is 6.54 Å². The Labute approximate surface area is 186 Å². The lowest BCUT2D eigenvalue weighted by Gasteiger charge is -2.31. The second-order valence-corrected chi connectivity index (χ2v) is 9.47. The molecule has 1 aromatic heterocycles. The van der Waals surface area contributed by atoms with Gasteiger partial charge in [-0.15, -0.1) is 0 Å². The summed E-state index contributed by atoms with van der Waals surface area (Å²) in [5.74, 6) is 0.802. The molecule has 1 unspecified atom stereocenters. The molecule has 1 saturated heterocycles. The molecule has 1 N–H and O–H groups in total. The number of hydrogen-bond donors (Lipinski definition) is 1. The summed E-state index contributed by atoms with van der Waals surface area (Å²) in [5.41, 5.74) is 5.16. The third kappa shape index (κ3) is 5.45. The second kappa shape index (κ2) is 9.82. The molecule has 1 aliphatic heterocycles. The Morgan fingerprint density at radius 3 is 2.23 bits per heavy atom. The van der Waals surface area contributed by atoms with Crippen molar-refractivity contribution in [1.82, 2.24) is 14.8 Å². The van der Waals surface area contributed by atoms with Crippen LogP contribution in [0.5, 0.6) is 0 Å². The van der Waals surface area contributed by atoms with E-state index < -0.39 is 0 Å². The van der Waals surface area contributed by atoms with Crippen molar-refractivity contribution in [3.63, 3.8) is 0 Å². The van der Waals surface area contributed by atoms with Crippen LogP contribution < -0.4 is 5.32 Å². The van der Waals surface area contributed by atoms with E-state index >= 15 is 0 Å². The van der Waals surface area contributed by atoms with Gasteiger partial charge in [0.15, 0.2) is 5.78 Å². The number of carbonyl (C=O) groups is 2. The predicted octanol–water partition coefficient (Wildman–Crippen LogP) is 4.46. The van der Waals surface area contributed by atoms with Crippen molar-refractivity contribution < 1.29 is 9.59 Å².